The molecule has 1 aliphatic rings. The molecule has 2 aromatic rings. The molecule has 2 aromatic heterocycles. The zero-order valence-corrected chi connectivity index (χ0v) is 16.6. The van der Waals surface area contributed by atoms with E-state index >= 15 is 0 Å². The van der Waals surface area contributed by atoms with Crippen molar-refractivity contribution in [2.75, 3.05) is 33.2 Å². The van der Waals surface area contributed by atoms with Gasteiger partial charge in [-0.3, -0.25) is 9.89 Å². The molecule has 3 heterocycles. The quantitative estimate of drug-likeness (QED) is 0.571. The van der Waals surface area contributed by atoms with Crippen molar-refractivity contribution in [3.63, 3.8) is 0 Å². The molecule has 2 atom stereocenters. The first-order chi connectivity index (χ1) is 12.8. The summed E-state index contributed by atoms with van der Waals surface area (Å²) in [5.74, 6) is 2.35. The largest absolute Gasteiger partial charge is 0.468 e. The lowest BCUT2D eigenvalue weighted by Gasteiger charge is -2.33. The van der Waals surface area contributed by atoms with Crippen LogP contribution in [0.25, 0.3) is 0 Å². The van der Waals surface area contributed by atoms with Gasteiger partial charge in [-0.25, -0.2) is 0 Å². The Morgan fingerprint density at radius 1 is 1.19 bits per heavy atom. The summed E-state index contributed by atoms with van der Waals surface area (Å²) >= 11 is 1.81. The van der Waals surface area contributed by atoms with Crippen molar-refractivity contribution in [1.82, 2.24) is 15.5 Å². The molecule has 0 saturated carbocycles. The average Bonchev–Trinajstić information content (AvgIpc) is 3.39. The van der Waals surface area contributed by atoms with Crippen LogP contribution < -0.4 is 10.6 Å². The Labute approximate surface area is 160 Å². The van der Waals surface area contributed by atoms with E-state index in [0.29, 0.717) is 5.92 Å². The minimum Gasteiger partial charge on any atom is -0.468 e. The summed E-state index contributed by atoms with van der Waals surface area (Å²) in [6.45, 7) is 6.17. The zero-order valence-electron chi connectivity index (χ0n) is 15.8. The number of nitrogens with zero attached hydrogens (tertiary/aromatic N) is 2. The van der Waals surface area contributed by atoms with Crippen LogP contribution in [-0.2, 0) is 0 Å². The van der Waals surface area contributed by atoms with Gasteiger partial charge in [0.2, 0.25) is 0 Å². The molecule has 1 fully saturated rings. The highest BCUT2D eigenvalue weighted by atomic mass is 32.1. The number of aliphatic imine (C=N–C) groups is 1. The van der Waals surface area contributed by atoms with Crippen LogP contribution in [0.3, 0.4) is 0 Å². The molecule has 1 saturated heterocycles. The SMILES string of the molecule is CN=C(NCC(C)c1cccs1)NCC(c1ccco1)N1CCCCC1. The van der Waals surface area contributed by atoms with Crippen molar-refractivity contribution in [2.24, 2.45) is 4.99 Å². The van der Waals surface area contributed by atoms with Crippen LogP contribution in [0.5, 0.6) is 0 Å². The number of nitrogens with one attached hydrogen (secondary N) is 2. The number of likely N-dealkylation sites (tertiary alicyclic amines) is 1. The third-order valence-electron chi connectivity index (χ3n) is 4.99. The number of rotatable bonds is 7. The van der Waals surface area contributed by atoms with Crippen LogP contribution in [0, 0.1) is 0 Å². The lowest BCUT2D eigenvalue weighted by molar-refractivity contribution is 0.146. The molecular formula is C20H30N4OS. The molecular weight excluding hydrogens is 344 g/mol. The number of thiophene rings is 1. The maximum atomic E-state index is 5.72. The van der Waals surface area contributed by atoms with Gasteiger partial charge in [0.25, 0.3) is 0 Å². The van der Waals surface area contributed by atoms with E-state index in [1.54, 1.807) is 17.6 Å². The van der Waals surface area contributed by atoms with E-state index < -0.39 is 0 Å². The van der Waals surface area contributed by atoms with E-state index in [0.717, 1.165) is 37.9 Å². The summed E-state index contributed by atoms with van der Waals surface area (Å²) in [4.78, 5) is 8.31. The maximum absolute atomic E-state index is 5.72. The summed E-state index contributed by atoms with van der Waals surface area (Å²) in [5, 5.41) is 9.08. The molecule has 142 valence electrons. The topological polar surface area (TPSA) is 52.8 Å². The van der Waals surface area contributed by atoms with Gasteiger partial charge >= 0.3 is 0 Å². The van der Waals surface area contributed by atoms with E-state index in [1.165, 1.54) is 24.1 Å². The zero-order chi connectivity index (χ0) is 18.2. The molecule has 0 radical (unpaired) electrons. The second-order valence-corrected chi connectivity index (χ2v) is 7.86. The van der Waals surface area contributed by atoms with Crippen molar-refractivity contribution < 1.29 is 4.42 Å². The summed E-state index contributed by atoms with van der Waals surface area (Å²) in [7, 11) is 1.83. The standard InChI is InChI=1S/C20H30N4OS/c1-16(19-9-7-13-26-19)14-22-20(21-2)23-15-17(18-8-6-12-25-18)24-10-4-3-5-11-24/h6-9,12-13,16-17H,3-5,10-11,14-15H2,1-2H3,(H2,21,22,23). The molecule has 5 nitrogen and oxygen atoms in total. The van der Waals surface area contributed by atoms with Crippen molar-refractivity contribution in [3.8, 4) is 0 Å². The van der Waals surface area contributed by atoms with Crippen molar-refractivity contribution in [2.45, 2.75) is 38.1 Å². The fourth-order valence-electron chi connectivity index (χ4n) is 3.46. The molecule has 0 aliphatic carbocycles. The molecule has 26 heavy (non-hydrogen) atoms. The lowest BCUT2D eigenvalue weighted by atomic mass is 10.1. The van der Waals surface area contributed by atoms with Gasteiger partial charge in [0.05, 0.1) is 12.3 Å². The molecule has 0 bridgehead atoms. The summed E-state index contributed by atoms with van der Waals surface area (Å²) in [6.07, 6.45) is 5.63. The van der Waals surface area contributed by atoms with Crippen molar-refractivity contribution in [1.29, 1.82) is 0 Å². The molecule has 0 amide bonds. The minimum atomic E-state index is 0.249. The second kappa shape index (κ2) is 9.78. The van der Waals surface area contributed by atoms with Crippen molar-refractivity contribution >= 4 is 17.3 Å². The molecule has 6 heteroatoms. The number of furan rings is 1. The van der Waals surface area contributed by atoms with Crippen LogP contribution in [0.1, 0.15) is 48.8 Å². The number of guanidine groups is 1. The number of hydrogen-bond acceptors (Lipinski definition) is 4. The summed E-state index contributed by atoms with van der Waals surface area (Å²) in [6, 6.07) is 8.60. The van der Waals surface area contributed by atoms with Crippen LogP contribution in [0.2, 0.25) is 0 Å². The Morgan fingerprint density at radius 2 is 2.00 bits per heavy atom. The van der Waals surface area contributed by atoms with Gasteiger partial charge in [0.15, 0.2) is 5.96 Å². The van der Waals surface area contributed by atoms with Crippen LogP contribution in [0.15, 0.2) is 45.3 Å². The van der Waals surface area contributed by atoms with E-state index in [-0.39, 0.29) is 6.04 Å². The first-order valence-electron chi connectivity index (χ1n) is 9.53. The molecule has 2 unspecified atom stereocenters. The summed E-state index contributed by atoms with van der Waals surface area (Å²) in [5.41, 5.74) is 0. The van der Waals surface area contributed by atoms with E-state index in [2.05, 4.69) is 51.0 Å². The highest BCUT2D eigenvalue weighted by Crippen LogP contribution is 2.24. The number of hydrogen-bond donors (Lipinski definition) is 2. The fraction of sp³-hybridized carbons (Fsp3) is 0.550. The first kappa shape index (κ1) is 19.0. The van der Waals surface area contributed by atoms with Gasteiger partial charge in [-0.05, 0) is 49.5 Å². The van der Waals surface area contributed by atoms with E-state index in [9.17, 15) is 0 Å². The van der Waals surface area contributed by atoms with Gasteiger partial charge in [0.1, 0.15) is 5.76 Å². The van der Waals surface area contributed by atoms with Gasteiger partial charge < -0.3 is 15.1 Å². The lowest BCUT2D eigenvalue weighted by Crippen LogP contribution is -2.45. The van der Waals surface area contributed by atoms with E-state index in [4.69, 9.17) is 4.42 Å². The van der Waals surface area contributed by atoms with Gasteiger partial charge in [-0.1, -0.05) is 19.4 Å². The molecule has 1 aliphatic heterocycles. The average molecular weight is 375 g/mol. The Morgan fingerprint density at radius 3 is 2.65 bits per heavy atom. The Kier molecular flexibility index (Phi) is 7.14. The second-order valence-electron chi connectivity index (χ2n) is 6.88. The van der Waals surface area contributed by atoms with Crippen LogP contribution in [0.4, 0.5) is 0 Å². The normalized spacial score (nSPS) is 18.5. The minimum absolute atomic E-state index is 0.249. The first-order valence-corrected chi connectivity index (χ1v) is 10.4. The molecule has 3 rings (SSSR count). The highest BCUT2D eigenvalue weighted by Gasteiger charge is 2.24. The van der Waals surface area contributed by atoms with Gasteiger partial charge in [-0.15, -0.1) is 11.3 Å². The van der Waals surface area contributed by atoms with Gasteiger partial charge in [-0.2, -0.15) is 0 Å². The third-order valence-corrected chi connectivity index (χ3v) is 6.10. The van der Waals surface area contributed by atoms with E-state index in [1.807, 2.05) is 13.1 Å². The monoisotopic (exact) mass is 374 g/mol. The number of piperidine rings is 1. The van der Waals surface area contributed by atoms with Crippen LogP contribution in [-0.4, -0.2) is 44.1 Å². The third kappa shape index (κ3) is 5.11. The Hall–Kier alpha value is -1.79. The predicted octanol–water partition coefficient (Wildman–Crippen LogP) is 3.84. The predicted molar refractivity (Wildman–Crippen MR) is 109 cm³/mol. The molecule has 0 aromatic carbocycles. The fourth-order valence-corrected chi connectivity index (χ4v) is 4.24. The molecule has 0 spiro atoms. The maximum Gasteiger partial charge on any atom is 0.191 e. The highest BCUT2D eigenvalue weighted by molar-refractivity contribution is 7.10. The Balaban J connectivity index is 1.54. The summed E-state index contributed by atoms with van der Waals surface area (Å²) < 4.78 is 5.72. The smallest absolute Gasteiger partial charge is 0.191 e. The molecule has 2 N–H and O–H groups in total. The van der Waals surface area contributed by atoms with Crippen molar-refractivity contribution in [3.05, 3.63) is 46.5 Å². The Bertz CT molecular complexity index is 647. The van der Waals surface area contributed by atoms with Gasteiger partial charge in [0, 0.05) is 30.9 Å². The van der Waals surface area contributed by atoms with Crippen LogP contribution >= 0.6 is 11.3 Å².